The third kappa shape index (κ3) is 5.05. The number of nitrogens with zero attached hydrogens (tertiary/aromatic N) is 1. The molecular formula is C15H27N3. The minimum absolute atomic E-state index is 0.413. The molecule has 102 valence electrons. The van der Waals surface area contributed by atoms with E-state index in [2.05, 4.69) is 62.4 Å². The summed E-state index contributed by atoms with van der Waals surface area (Å²) in [5.41, 5.74) is 2.47. The number of hydrogen-bond donors (Lipinski definition) is 2. The molecule has 18 heavy (non-hydrogen) atoms. The molecule has 0 saturated heterocycles. The average Bonchev–Trinajstić information content (AvgIpc) is 2.28. The molecule has 0 unspecified atom stereocenters. The van der Waals surface area contributed by atoms with Gasteiger partial charge in [0.2, 0.25) is 0 Å². The molecule has 3 nitrogen and oxygen atoms in total. The lowest BCUT2D eigenvalue weighted by molar-refractivity contribution is 0.672. The monoisotopic (exact) mass is 249 g/mol. The van der Waals surface area contributed by atoms with Gasteiger partial charge in [-0.1, -0.05) is 20.8 Å². The molecule has 2 N–H and O–H groups in total. The van der Waals surface area contributed by atoms with E-state index < -0.39 is 0 Å². The van der Waals surface area contributed by atoms with Crippen LogP contribution in [-0.4, -0.2) is 17.6 Å². The van der Waals surface area contributed by atoms with Crippen LogP contribution in [0.2, 0.25) is 0 Å². The Bertz CT molecular complexity index is 359. The molecule has 1 aromatic heterocycles. The van der Waals surface area contributed by atoms with E-state index in [1.807, 2.05) is 0 Å². The molecule has 0 bridgehead atoms. The van der Waals surface area contributed by atoms with Gasteiger partial charge in [0.05, 0.1) is 0 Å². The average molecular weight is 249 g/mol. The predicted molar refractivity (Wildman–Crippen MR) is 79.1 cm³/mol. The van der Waals surface area contributed by atoms with E-state index in [0.717, 1.165) is 24.6 Å². The number of pyridine rings is 1. The van der Waals surface area contributed by atoms with Crippen molar-refractivity contribution in [1.82, 2.24) is 10.3 Å². The third-order valence-electron chi connectivity index (χ3n) is 2.69. The summed E-state index contributed by atoms with van der Waals surface area (Å²) < 4.78 is 0. The van der Waals surface area contributed by atoms with Crippen LogP contribution in [0.25, 0.3) is 0 Å². The van der Waals surface area contributed by atoms with Crippen molar-refractivity contribution in [3.8, 4) is 0 Å². The summed E-state index contributed by atoms with van der Waals surface area (Å²) in [6.45, 7) is 12.8. The van der Waals surface area contributed by atoms with Crippen molar-refractivity contribution in [2.75, 3.05) is 11.9 Å². The minimum Gasteiger partial charge on any atom is -0.368 e. The zero-order valence-electron chi connectivity index (χ0n) is 12.4. The van der Waals surface area contributed by atoms with E-state index in [4.69, 9.17) is 0 Å². The molecule has 0 spiro atoms. The van der Waals surface area contributed by atoms with Gasteiger partial charge < -0.3 is 10.6 Å². The van der Waals surface area contributed by atoms with Gasteiger partial charge in [0.25, 0.3) is 0 Å². The van der Waals surface area contributed by atoms with Crippen LogP contribution in [0.4, 0.5) is 5.82 Å². The first-order valence-electron chi connectivity index (χ1n) is 7.01. The zero-order valence-corrected chi connectivity index (χ0v) is 12.4. The summed E-state index contributed by atoms with van der Waals surface area (Å²) in [4.78, 5) is 4.66. The fourth-order valence-corrected chi connectivity index (χ4v) is 1.79. The smallest absolute Gasteiger partial charge is 0.126 e. The Balaban J connectivity index is 2.84. The van der Waals surface area contributed by atoms with Crippen molar-refractivity contribution in [1.29, 1.82) is 0 Å². The zero-order chi connectivity index (χ0) is 13.5. The molecule has 0 aliphatic heterocycles. The molecule has 1 heterocycles. The van der Waals surface area contributed by atoms with Gasteiger partial charge in [-0.25, -0.2) is 4.98 Å². The minimum atomic E-state index is 0.413. The summed E-state index contributed by atoms with van der Waals surface area (Å²) in [6, 6.07) is 4.77. The second kappa shape index (κ2) is 7.37. The Labute approximate surface area is 111 Å². The van der Waals surface area contributed by atoms with Crippen molar-refractivity contribution in [2.24, 2.45) is 0 Å². The summed E-state index contributed by atoms with van der Waals surface area (Å²) in [5.74, 6) is 1.45. The normalized spacial score (nSPS) is 11.3. The Morgan fingerprint density at radius 3 is 2.44 bits per heavy atom. The van der Waals surface area contributed by atoms with Crippen LogP contribution in [0.1, 0.15) is 58.2 Å². The van der Waals surface area contributed by atoms with Gasteiger partial charge in [0, 0.05) is 18.3 Å². The Kier molecular flexibility index (Phi) is 6.13. The second-order valence-electron chi connectivity index (χ2n) is 5.42. The van der Waals surface area contributed by atoms with E-state index in [1.165, 1.54) is 12.0 Å². The van der Waals surface area contributed by atoms with Gasteiger partial charge >= 0.3 is 0 Å². The first-order chi connectivity index (χ1) is 8.52. The van der Waals surface area contributed by atoms with Crippen LogP contribution in [0.5, 0.6) is 0 Å². The fourth-order valence-electron chi connectivity index (χ4n) is 1.79. The Morgan fingerprint density at radius 2 is 1.89 bits per heavy atom. The van der Waals surface area contributed by atoms with Crippen LogP contribution in [0.15, 0.2) is 12.1 Å². The van der Waals surface area contributed by atoms with Crippen molar-refractivity contribution in [3.63, 3.8) is 0 Å². The Morgan fingerprint density at radius 1 is 1.17 bits per heavy atom. The second-order valence-corrected chi connectivity index (χ2v) is 5.42. The molecule has 0 aliphatic carbocycles. The number of rotatable bonds is 7. The molecule has 0 saturated carbocycles. The lowest BCUT2D eigenvalue weighted by Gasteiger charge is -2.14. The molecule has 0 amide bonds. The maximum Gasteiger partial charge on any atom is 0.126 e. The molecule has 0 atom stereocenters. The maximum atomic E-state index is 4.66. The molecule has 1 aromatic rings. The molecule has 1 rings (SSSR count). The highest BCUT2D eigenvalue weighted by Gasteiger charge is 2.07. The molecule has 0 radical (unpaired) electrons. The number of anilines is 1. The lowest BCUT2D eigenvalue weighted by atomic mass is 10.1. The van der Waals surface area contributed by atoms with Crippen LogP contribution in [0.3, 0.4) is 0 Å². The van der Waals surface area contributed by atoms with Crippen molar-refractivity contribution in [3.05, 3.63) is 23.4 Å². The largest absolute Gasteiger partial charge is 0.368 e. The van der Waals surface area contributed by atoms with E-state index in [0.29, 0.717) is 12.0 Å². The highest BCUT2D eigenvalue weighted by atomic mass is 15.0. The van der Waals surface area contributed by atoms with Crippen LogP contribution in [-0.2, 0) is 6.54 Å². The van der Waals surface area contributed by atoms with Gasteiger partial charge in [-0.05, 0) is 50.4 Å². The van der Waals surface area contributed by atoms with Crippen molar-refractivity contribution >= 4 is 5.82 Å². The summed E-state index contributed by atoms with van der Waals surface area (Å²) in [7, 11) is 0. The van der Waals surface area contributed by atoms with Crippen LogP contribution >= 0.6 is 0 Å². The number of aromatic nitrogens is 1. The topological polar surface area (TPSA) is 37.0 Å². The maximum absolute atomic E-state index is 4.66. The molecular weight excluding hydrogens is 222 g/mol. The standard InChI is InChI=1S/C15H27N3/c1-6-7-16-10-13-8-14(11(2)3)18-15(9-13)17-12(4)5/h8-9,11-12,16H,6-7,10H2,1-5H3,(H,17,18). The highest BCUT2D eigenvalue weighted by molar-refractivity contribution is 5.41. The van der Waals surface area contributed by atoms with Gasteiger partial charge in [0.1, 0.15) is 5.82 Å². The van der Waals surface area contributed by atoms with E-state index in [9.17, 15) is 0 Å². The molecule has 0 fully saturated rings. The van der Waals surface area contributed by atoms with Crippen LogP contribution in [0, 0.1) is 0 Å². The first kappa shape index (κ1) is 15.0. The van der Waals surface area contributed by atoms with Crippen molar-refractivity contribution < 1.29 is 0 Å². The summed E-state index contributed by atoms with van der Waals surface area (Å²) >= 11 is 0. The third-order valence-corrected chi connectivity index (χ3v) is 2.69. The highest BCUT2D eigenvalue weighted by Crippen LogP contribution is 2.18. The number of nitrogens with one attached hydrogen (secondary N) is 2. The van der Waals surface area contributed by atoms with Gasteiger partial charge in [0.15, 0.2) is 0 Å². The quantitative estimate of drug-likeness (QED) is 0.726. The lowest BCUT2D eigenvalue weighted by Crippen LogP contribution is -2.16. The van der Waals surface area contributed by atoms with E-state index in [1.54, 1.807) is 0 Å². The van der Waals surface area contributed by atoms with Gasteiger partial charge in [-0.2, -0.15) is 0 Å². The molecule has 0 aliphatic rings. The molecule has 3 heteroatoms. The van der Waals surface area contributed by atoms with E-state index in [-0.39, 0.29) is 0 Å². The number of hydrogen-bond acceptors (Lipinski definition) is 3. The van der Waals surface area contributed by atoms with Crippen LogP contribution < -0.4 is 10.6 Å². The SMILES string of the molecule is CCCNCc1cc(NC(C)C)nc(C(C)C)c1. The predicted octanol–water partition coefficient (Wildman–Crippen LogP) is 3.52. The van der Waals surface area contributed by atoms with E-state index >= 15 is 0 Å². The van der Waals surface area contributed by atoms with Gasteiger partial charge in [-0.3, -0.25) is 0 Å². The summed E-state index contributed by atoms with van der Waals surface area (Å²) in [5, 5.41) is 6.83. The first-order valence-corrected chi connectivity index (χ1v) is 7.01. The van der Waals surface area contributed by atoms with Crippen molar-refractivity contribution in [2.45, 2.75) is 59.5 Å². The fraction of sp³-hybridized carbons (Fsp3) is 0.667. The summed E-state index contributed by atoms with van der Waals surface area (Å²) in [6.07, 6.45) is 1.17. The molecule has 0 aromatic carbocycles. The van der Waals surface area contributed by atoms with Gasteiger partial charge in [-0.15, -0.1) is 0 Å². The Hall–Kier alpha value is -1.09.